The molecule has 1 heterocycles. The first-order valence-electron chi connectivity index (χ1n) is 11.3. The number of nitrogens with one attached hydrogen (secondary N) is 1. The van der Waals surface area contributed by atoms with Gasteiger partial charge in [-0.25, -0.2) is 13.2 Å². The van der Waals surface area contributed by atoms with E-state index in [4.69, 9.17) is 4.74 Å². The number of methoxy groups -OCH3 is 1. The Balaban J connectivity index is 1.84. The molecule has 0 atom stereocenters. The van der Waals surface area contributed by atoms with Crippen molar-refractivity contribution in [1.29, 1.82) is 0 Å². The van der Waals surface area contributed by atoms with Gasteiger partial charge in [-0.05, 0) is 55.8 Å². The molecule has 0 aliphatic rings. The number of benzene rings is 3. The fourth-order valence-corrected chi connectivity index (χ4v) is 5.56. The summed E-state index contributed by atoms with van der Waals surface area (Å²) in [5.41, 5.74) is 1.72. The molecule has 9 heteroatoms. The van der Waals surface area contributed by atoms with Gasteiger partial charge in [-0.1, -0.05) is 30.3 Å². The van der Waals surface area contributed by atoms with E-state index in [1.807, 2.05) is 13.8 Å². The van der Waals surface area contributed by atoms with Crippen molar-refractivity contribution in [3.05, 3.63) is 82.8 Å². The largest absolute Gasteiger partial charge is 0.497 e. The molecule has 182 valence electrons. The summed E-state index contributed by atoms with van der Waals surface area (Å²) in [6.07, 6.45) is 0.0451. The molecule has 0 aliphatic heterocycles. The van der Waals surface area contributed by atoms with Crippen molar-refractivity contribution in [2.75, 3.05) is 12.4 Å². The van der Waals surface area contributed by atoms with Gasteiger partial charge in [0.15, 0.2) is 0 Å². The van der Waals surface area contributed by atoms with E-state index in [-0.39, 0.29) is 33.5 Å². The topological polar surface area (TPSA) is 99.4 Å². The first-order valence-corrected chi connectivity index (χ1v) is 12.8. The molecule has 4 rings (SSSR count). The molecule has 0 bridgehead atoms. The van der Waals surface area contributed by atoms with Gasteiger partial charge in [0.1, 0.15) is 5.75 Å². The number of carbonyl (C=O) groups is 1. The number of amides is 1. The van der Waals surface area contributed by atoms with E-state index in [0.29, 0.717) is 29.9 Å². The summed E-state index contributed by atoms with van der Waals surface area (Å²) in [4.78, 5) is 25.9. The normalized spacial score (nSPS) is 11.5. The molecule has 4 aromatic rings. The molecule has 1 amide bonds. The number of carbonyl (C=O) groups excluding carboxylic acids is 1. The fourth-order valence-electron chi connectivity index (χ4n) is 4.12. The van der Waals surface area contributed by atoms with Crippen molar-refractivity contribution in [2.24, 2.45) is 0 Å². The molecular weight excluding hydrogens is 466 g/mol. The number of imidazole rings is 1. The van der Waals surface area contributed by atoms with Gasteiger partial charge < -0.3 is 10.1 Å². The van der Waals surface area contributed by atoms with Crippen LogP contribution in [0.2, 0.25) is 0 Å². The smallest absolute Gasteiger partial charge is 0.329 e. The van der Waals surface area contributed by atoms with E-state index in [9.17, 15) is 18.0 Å². The number of aryl methyl sites for hydroxylation is 2. The lowest BCUT2D eigenvalue weighted by Crippen LogP contribution is -2.23. The molecule has 8 nitrogen and oxygen atoms in total. The minimum absolute atomic E-state index is 0.0451. The summed E-state index contributed by atoms with van der Waals surface area (Å²) in [6.45, 7) is 4.47. The highest BCUT2D eigenvalue weighted by atomic mass is 32.2. The molecule has 0 saturated carbocycles. The van der Waals surface area contributed by atoms with Crippen LogP contribution in [-0.4, -0.2) is 30.6 Å². The third kappa shape index (κ3) is 4.59. The number of hydrogen-bond acceptors (Lipinski definition) is 5. The lowest BCUT2D eigenvalue weighted by molar-refractivity contribution is -0.115. The number of rotatable bonds is 8. The van der Waals surface area contributed by atoms with Gasteiger partial charge in [-0.3, -0.25) is 13.9 Å². The van der Waals surface area contributed by atoms with Crippen LogP contribution in [0.3, 0.4) is 0 Å². The van der Waals surface area contributed by atoms with E-state index < -0.39 is 9.84 Å². The zero-order valence-corrected chi connectivity index (χ0v) is 20.6. The number of anilines is 1. The minimum atomic E-state index is -3.98. The second-order valence-corrected chi connectivity index (χ2v) is 9.92. The van der Waals surface area contributed by atoms with Crippen LogP contribution in [0.15, 0.2) is 81.3 Å². The standard InChI is InChI=1S/C26H27N3O5S/c1-4-28-22-16-21(27-25(30)15-18-11-13-19(34-3)14-12-18)24(17-23(22)29(5-2)26(28)31)35(32,33)20-9-7-6-8-10-20/h6-14,16-17H,4-5,15H2,1-3H3,(H,27,30). The van der Waals surface area contributed by atoms with E-state index >= 15 is 0 Å². The number of aromatic nitrogens is 2. The summed E-state index contributed by atoms with van der Waals surface area (Å²) in [7, 11) is -2.42. The third-order valence-electron chi connectivity index (χ3n) is 5.89. The molecule has 0 spiro atoms. The second kappa shape index (κ2) is 9.79. The van der Waals surface area contributed by atoms with Gasteiger partial charge in [-0.15, -0.1) is 0 Å². The zero-order valence-electron chi connectivity index (χ0n) is 19.8. The van der Waals surface area contributed by atoms with E-state index in [1.165, 1.54) is 22.8 Å². The average Bonchev–Trinajstić information content (AvgIpc) is 3.13. The quantitative estimate of drug-likeness (QED) is 0.402. The van der Waals surface area contributed by atoms with Crippen molar-refractivity contribution in [3.8, 4) is 5.75 Å². The zero-order chi connectivity index (χ0) is 25.2. The Morgan fingerprint density at radius 1 is 0.914 bits per heavy atom. The first-order chi connectivity index (χ1) is 16.8. The van der Waals surface area contributed by atoms with Gasteiger partial charge in [0.05, 0.1) is 40.0 Å². The summed E-state index contributed by atoms with van der Waals surface area (Å²) < 4.78 is 35.5. The van der Waals surface area contributed by atoms with Crippen molar-refractivity contribution >= 4 is 32.5 Å². The first kappa shape index (κ1) is 24.3. The monoisotopic (exact) mass is 493 g/mol. The molecule has 0 fully saturated rings. The SMILES string of the molecule is CCn1c(=O)n(CC)c2cc(S(=O)(=O)c3ccccc3)c(NC(=O)Cc3ccc(OC)cc3)cc21. The second-order valence-electron chi connectivity index (χ2n) is 8.00. The van der Waals surface area contributed by atoms with Crippen molar-refractivity contribution in [1.82, 2.24) is 9.13 Å². The fraction of sp³-hybridized carbons (Fsp3) is 0.231. The number of hydrogen-bond donors (Lipinski definition) is 1. The predicted octanol–water partition coefficient (Wildman–Crippen LogP) is 3.87. The Bertz CT molecular complexity index is 1540. The van der Waals surface area contributed by atoms with Crippen molar-refractivity contribution in [2.45, 2.75) is 43.1 Å². The maximum Gasteiger partial charge on any atom is 0.329 e. The molecular formula is C26H27N3O5S. The van der Waals surface area contributed by atoms with Crippen LogP contribution >= 0.6 is 0 Å². The highest BCUT2D eigenvalue weighted by molar-refractivity contribution is 7.91. The Labute approximate surface area is 203 Å². The molecule has 0 radical (unpaired) electrons. The van der Waals surface area contributed by atoms with Crippen LogP contribution in [0.4, 0.5) is 5.69 Å². The summed E-state index contributed by atoms with van der Waals surface area (Å²) in [6, 6.07) is 18.2. The van der Waals surface area contributed by atoms with E-state index in [2.05, 4.69) is 5.32 Å². The number of nitrogens with zero attached hydrogens (tertiary/aromatic N) is 2. The van der Waals surface area contributed by atoms with Gasteiger partial charge in [0.25, 0.3) is 0 Å². The number of sulfone groups is 1. The lowest BCUT2D eigenvalue weighted by atomic mass is 10.1. The Hall–Kier alpha value is -3.85. The summed E-state index contributed by atoms with van der Waals surface area (Å²) >= 11 is 0. The summed E-state index contributed by atoms with van der Waals surface area (Å²) in [5.74, 6) is 0.299. The third-order valence-corrected chi connectivity index (χ3v) is 7.70. The Kier molecular flexibility index (Phi) is 6.79. The number of fused-ring (bicyclic) bond motifs is 1. The molecule has 35 heavy (non-hydrogen) atoms. The number of ether oxygens (including phenoxy) is 1. The maximum absolute atomic E-state index is 13.6. The molecule has 0 aliphatic carbocycles. The van der Waals surface area contributed by atoms with Gasteiger partial charge >= 0.3 is 5.69 Å². The average molecular weight is 494 g/mol. The highest BCUT2D eigenvalue weighted by Gasteiger charge is 2.25. The molecule has 1 aromatic heterocycles. The van der Waals surface area contributed by atoms with Crippen LogP contribution < -0.4 is 15.7 Å². The van der Waals surface area contributed by atoms with Crippen LogP contribution in [0, 0.1) is 0 Å². The van der Waals surface area contributed by atoms with Gasteiger partial charge in [0.2, 0.25) is 15.7 Å². The van der Waals surface area contributed by atoms with Gasteiger partial charge in [0, 0.05) is 13.1 Å². The molecule has 3 aromatic carbocycles. The Morgan fingerprint density at radius 2 is 1.51 bits per heavy atom. The van der Waals surface area contributed by atoms with Crippen molar-refractivity contribution in [3.63, 3.8) is 0 Å². The van der Waals surface area contributed by atoms with E-state index in [1.54, 1.807) is 60.2 Å². The summed E-state index contributed by atoms with van der Waals surface area (Å²) in [5, 5.41) is 2.78. The highest BCUT2D eigenvalue weighted by Crippen LogP contribution is 2.32. The lowest BCUT2D eigenvalue weighted by Gasteiger charge is -2.14. The van der Waals surface area contributed by atoms with Crippen LogP contribution in [0.1, 0.15) is 19.4 Å². The van der Waals surface area contributed by atoms with Crippen molar-refractivity contribution < 1.29 is 17.9 Å². The van der Waals surface area contributed by atoms with Crippen LogP contribution in [0.5, 0.6) is 5.75 Å². The van der Waals surface area contributed by atoms with Crippen LogP contribution in [-0.2, 0) is 34.1 Å². The van der Waals surface area contributed by atoms with Crippen LogP contribution in [0.25, 0.3) is 11.0 Å². The molecule has 0 unspecified atom stereocenters. The molecule has 1 N–H and O–H groups in total. The predicted molar refractivity (Wildman–Crippen MR) is 135 cm³/mol. The van der Waals surface area contributed by atoms with Gasteiger partial charge in [-0.2, -0.15) is 0 Å². The molecule has 0 saturated heterocycles. The maximum atomic E-state index is 13.6. The Morgan fingerprint density at radius 3 is 2.09 bits per heavy atom. The minimum Gasteiger partial charge on any atom is -0.497 e. The van der Waals surface area contributed by atoms with E-state index in [0.717, 1.165) is 5.56 Å².